The van der Waals surface area contributed by atoms with Gasteiger partial charge in [-0.05, 0) is 53.5 Å². The number of aromatic nitrogens is 2. The number of ether oxygens (including phenoxy) is 1. The second-order valence-electron chi connectivity index (χ2n) is 8.85. The van der Waals surface area contributed by atoms with Crippen LogP contribution in [-0.2, 0) is 24.2 Å². The van der Waals surface area contributed by atoms with Crippen molar-refractivity contribution in [1.29, 1.82) is 0 Å². The zero-order valence-corrected chi connectivity index (χ0v) is 18.9. The van der Waals surface area contributed by atoms with Crippen molar-refractivity contribution >= 4 is 5.97 Å². The number of fused-ring (bicyclic) bond motifs is 1. The molecular weight excluding hydrogens is 408 g/mol. The number of hydrogen-bond donors (Lipinski definition) is 0. The van der Waals surface area contributed by atoms with E-state index in [9.17, 15) is 4.79 Å². The standard InChI is InChI=1S/C29H28N2O2/c1-21(32)33-28-14-8-13-25-17-22(15-16-26(25)28)18-31-19-27(30-20-31)29(23-9-4-2-5-10-23)24-11-6-3-7-12-24/h2-14,19-20,22,29H,15-18H2,1H3. The zero-order valence-electron chi connectivity index (χ0n) is 18.9. The lowest BCUT2D eigenvalue weighted by atomic mass is 9.83. The Morgan fingerprint density at radius 2 is 1.70 bits per heavy atom. The molecule has 0 N–H and O–H groups in total. The van der Waals surface area contributed by atoms with Gasteiger partial charge in [0.1, 0.15) is 5.75 Å². The molecule has 166 valence electrons. The molecule has 1 heterocycles. The molecule has 0 bridgehead atoms. The van der Waals surface area contributed by atoms with Crippen molar-refractivity contribution in [3.05, 3.63) is 119 Å². The summed E-state index contributed by atoms with van der Waals surface area (Å²) in [5.74, 6) is 1.10. The van der Waals surface area contributed by atoms with Crippen LogP contribution >= 0.6 is 0 Å². The average molecular weight is 437 g/mol. The van der Waals surface area contributed by atoms with Crippen molar-refractivity contribution < 1.29 is 9.53 Å². The van der Waals surface area contributed by atoms with Gasteiger partial charge in [-0.2, -0.15) is 0 Å². The SMILES string of the molecule is CC(=O)Oc1cccc2c1CCC(Cn1cnc(C(c3ccccc3)c3ccccc3)c1)C2. The summed E-state index contributed by atoms with van der Waals surface area (Å²) in [5.41, 5.74) is 6.04. The van der Waals surface area contributed by atoms with Crippen molar-refractivity contribution in [2.45, 2.75) is 38.6 Å². The molecule has 0 saturated heterocycles. The highest BCUT2D eigenvalue weighted by Gasteiger charge is 2.24. The number of rotatable bonds is 6. The van der Waals surface area contributed by atoms with Gasteiger partial charge >= 0.3 is 5.97 Å². The van der Waals surface area contributed by atoms with Crippen molar-refractivity contribution in [3.63, 3.8) is 0 Å². The summed E-state index contributed by atoms with van der Waals surface area (Å²) in [6.07, 6.45) is 7.16. The first kappa shape index (κ1) is 21.2. The Kier molecular flexibility index (Phi) is 6.07. The van der Waals surface area contributed by atoms with E-state index in [2.05, 4.69) is 77.5 Å². The molecule has 0 amide bonds. The number of nitrogens with zero attached hydrogens (tertiary/aromatic N) is 2. The molecule has 0 fully saturated rings. The summed E-state index contributed by atoms with van der Waals surface area (Å²) in [5, 5.41) is 0. The Morgan fingerprint density at radius 3 is 2.36 bits per heavy atom. The van der Waals surface area contributed by atoms with Crippen LogP contribution in [0.4, 0.5) is 0 Å². The molecule has 5 rings (SSSR count). The quantitative estimate of drug-likeness (QED) is 0.284. The van der Waals surface area contributed by atoms with Gasteiger partial charge < -0.3 is 9.30 Å². The molecule has 0 radical (unpaired) electrons. The number of benzene rings is 3. The molecule has 3 aromatic carbocycles. The third-order valence-electron chi connectivity index (χ3n) is 6.48. The van der Waals surface area contributed by atoms with Gasteiger partial charge in [-0.15, -0.1) is 0 Å². The molecule has 1 aliphatic carbocycles. The molecule has 0 saturated carbocycles. The maximum absolute atomic E-state index is 11.4. The van der Waals surface area contributed by atoms with Gasteiger partial charge in [-0.25, -0.2) is 4.98 Å². The summed E-state index contributed by atoms with van der Waals surface area (Å²) in [6, 6.07) is 27.2. The fourth-order valence-corrected chi connectivity index (χ4v) is 5.00. The number of carbonyl (C=O) groups excluding carboxylic acids is 1. The van der Waals surface area contributed by atoms with Gasteiger partial charge in [-0.3, -0.25) is 4.79 Å². The van der Waals surface area contributed by atoms with Crippen LogP contribution in [0.25, 0.3) is 0 Å². The molecule has 1 atom stereocenters. The van der Waals surface area contributed by atoms with Gasteiger partial charge in [-0.1, -0.05) is 72.8 Å². The Bertz CT molecular complexity index is 1190. The monoisotopic (exact) mass is 436 g/mol. The Labute approximate surface area is 194 Å². The van der Waals surface area contributed by atoms with E-state index in [1.807, 2.05) is 18.5 Å². The minimum absolute atomic E-state index is 0.118. The van der Waals surface area contributed by atoms with Crippen LogP contribution in [0, 0.1) is 5.92 Å². The Balaban J connectivity index is 1.35. The van der Waals surface area contributed by atoms with Crippen LogP contribution in [0.5, 0.6) is 5.75 Å². The third kappa shape index (κ3) is 4.75. The molecule has 33 heavy (non-hydrogen) atoms. The number of esters is 1. The Morgan fingerprint density at radius 1 is 1.00 bits per heavy atom. The van der Waals surface area contributed by atoms with E-state index in [-0.39, 0.29) is 11.9 Å². The predicted molar refractivity (Wildman–Crippen MR) is 129 cm³/mol. The molecule has 1 unspecified atom stereocenters. The highest BCUT2D eigenvalue weighted by molar-refractivity contribution is 5.70. The van der Waals surface area contributed by atoms with Crippen LogP contribution in [0.2, 0.25) is 0 Å². The summed E-state index contributed by atoms with van der Waals surface area (Å²) in [6.45, 7) is 2.39. The van der Waals surface area contributed by atoms with E-state index in [4.69, 9.17) is 9.72 Å². The lowest BCUT2D eigenvalue weighted by Gasteiger charge is -2.26. The third-order valence-corrected chi connectivity index (χ3v) is 6.48. The molecule has 4 aromatic rings. The summed E-state index contributed by atoms with van der Waals surface area (Å²) >= 11 is 0. The maximum atomic E-state index is 11.4. The van der Waals surface area contributed by atoms with E-state index < -0.39 is 0 Å². The lowest BCUT2D eigenvalue weighted by molar-refractivity contribution is -0.131. The summed E-state index contributed by atoms with van der Waals surface area (Å²) in [4.78, 5) is 16.3. The van der Waals surface area contributed by atoms with E-state index in [0.717, 1.165) is 37.3 Å². The Hall–Kier alpha value is -3.66. The minimum Gasteiger partial charge on any atom is -0.426 e. The van der Waals surface area contributed by atoms with E-state index in [0.29, 0.717) is 5.92 Å². The number of hydrogen-bond acceptors (Lipinski definition) is 3. The van der Waals surface area contributed by atoms with Crippen molar-refractivity contribution in [1.82, 2.24) is 9.55 Å². The molecule has 1 aliphatic rings. The largest absolute Gasteiger partial charge is 0.426 e. The fourth-order valence-electron chi connectivity index (χ4n) is 5.00. The molecule has 4 nitrogen and oxygen atoms in total. The number of carbonyl (C=O) groups is 1. The van der Waals surface area contributed by atoms with Crippen LogP contribution in [0.3, 0.4) is 0 Å². The highest BCUT2D eigenvalue weighted by Crippen LogP contribution is 2.34. The van der Waals surface area contributed by atoms with Gasteiger partial charge in [0, 0.05) is 19.7 Å². The van der Waals surface area contributed by atoms with Crippen LogP contribution < -0.4 is 4.74 Å². The lowest BCUT2D eigenvalue weighted by Crippen LogP contribution is -2.20. The molecule has 0 spiro atoms. The van der Waals surface area contributed by atoms with E-state index in [1.165, 1.54) is 29.2 Å². The minimum atomic E-state index is -0.261. The van der Waals surface area contributed by atoms with Crippen molar-refractivity contribution in [3.8, 4) is 5.75 Å². The predicted octanol–water partition coefficient (Wildman–Crippen LogP) is 5.79. The molecule has 0 aliphatic heterocycles. The van der Waals surface area contributed by atoms with Crippen molar-refractivity contribution in [2.24, 2.45) is 5.92 Å². The molecule has 1 aromatic heterocycles. The second-order valence-corrected chi connectivity index (χ2v) is 8.85. The van der Waals surface area contributed by atoms with Gasteiger partial charge in [0.15, 0.2) is 0 Å². The van der Waals surface area contributed by atoms with Crippen LogP contribution in [-0.4, -0.2) is 15.5 Å². The summed E-state index contributed by atoms with van der Waals surface area (Å²) < 4.78 is 7.66. The second kappa shape index (κ2) is 9.45. The zero-order chi connectivity index (χ0) is 22.6. The van der Waals surface area contributed by atoms with Crippen LogP contribution in [0.1, 0.15) is 47.2 Å². The van der Waals surface area contributed by atoms with Gasteiger partial charge in [0.25, 0.3) is 0 Å². The fraction of sp³-hybridized carbons (Fsp3) is 0.241. The smallest absolute Gasteiger partial charge is 0.308 e. The number of imidazole rings is 1. The van der Waals surface area contributed by atoms with E-state index in [1.54, 1.807) is 0 Å². The maximum Gasteiger partial charge on any atom is 0.308 e. The first-order valence-corrected chi connectivity index (χ1v) is 11.6. The molecular formula is C29H28N2O2. The highest BCUT2D eigenvalue weighted by atomic mass is 16.5. The van der Waals surface area contributed by atoms with Gasteiger partial charge in [0.05, 0.1) is 17.9 Å². The van der Waals surface area contributed by atoms with Crippen molar-refractivity contribution in [2.75, 3.05) is 0 Å². The van der Waals surface area contributed by atoms with Gasteiger partial charge in [0.2, 0.25) is 0 Å². The topological polar surface area (TPSA) is 44.1 Å². The van der Waals surface area contributed by atoms with E-state index >= 15 is 0 Å². The normalized spacial score (nSPS) is 15.3. The van der Waals surface area contributed by atoms with Crippen LogP contribution in [0.15, 0.2) is 91.4 Å². The molecule has 4 heteroatoms. The summed E-state index contributed by atoms with van der Waals surface area (Å²) in [7, 11) is 0. The average Bonchev–Trinajstić information content (AvgIpc) is 3.28. The first-order valence-electron chi connectivity index (χ1n) is 11.6. The first-order chi connectivity index (χ1) is 16.2.